The molecule has 0 atom stereocenters. The Balaban J connectivity index is 1.79. The van der Waals surface area contributed by atoms with Crippen molar-refractivity contribution in [2.75, 3.05) is 0 Å². The van der Waals surface area contributed by atoms with Crippen molar-refractivity contribution < 1.29 is 4.42 Å². The zero-order valence-corrected chi connectivity index (χ0v) is 15.0. The Morgan fingerprint density at radius 1 is 1.12 bits per heavy atom. The minimum absolute atomic E-state index is 0.00289. The van der Waals surface area contributed by atoms with E-state index in [0.717, 1.165) is 33.8 Å². The number of rotatable bonds is 5. The fourth-order valence-corrected chi connectivity index (χ4v) is 3.74. The second-order valence-corrected chi connectivity index (χ2v) is 6.96. The van der Waals surface area contributed by atoms with E-state index < -0.39 is 0 Å². The summed E-state index contributed by atoms with van der Waals surface area (Å²) in [5, 5.41) is 2.00. The van der Waals surface area contributed by atoms with Crippen LogP contribution in [0.1, 0.15) is 24.8 Å². The lowest BCUT2D eigenvalue weighted by Crippen LogP contribution is -2.25. The third-order valence-corrected chi connectivity index (χ3v) is 5.16. The van der Waals surface area contributed by atoms with Crippen molar-refractivity contribution in [1.29, 1.82) is 0 Å². The van der Waals surface area contributed by atoms with Crippen molar-refractivity contribution in [1.82, 2.24) is 14.1 Å². The standard InChI is InChI=1S/C19H19N3O2S/c1-3-10-21-15-7-4-5-8-16(15)22(19(21)23)12-14-13(2)24-18(20-14)17-9-6-11-25-17/h4-9,11H,3,10,12H2,1-2H3. The van der Waals surface area contributed by atoms with Crippen LogP contribution in [0.15, 0.2) is 51.0 Å². The van der Waals surface area contributed by atoms with Gasteiger partial charge in [-0.2, -0.15) is 0 Å². The molecule has 4 rings (SSSR count). The molecule has 4 aromatic rings. The van der Waals surface area contributed by atoms with E-state index in [9.17, 15) is 4.79 Å². The van der Waals surface area contributed by atoms with Gasteiger partial charge in [0.05, 0.1) is 22.5 Å². The fourth-order valence-electron chi connectivity index (χ4n) is 3.10. The SMILES string of the molecule is CCCn1c(=O)n(Cc2nc(-c3cccs3)oc2C)c2ccccc21. The Labute approximate surface area is 149 Å². The van der Waals surface area contributed by atoms with Crippen LogP contribution in [0.3, 0.4) is 0 Å². The molecule has 0 aliphatic heterocycles. The molecule has 5 nitrogen and oxygen atoms in total. The summed E-state index contributed by atoms with van der Waals surface area (Å²) in [5.41, 5.74) is 2.70. The molecule has 25 heavy (non-hydrogen) atoms. The second-order valence-electron chi connectivity index (χ2n) is 6.01. The fraction of sp³-hybridized carbons (Fsp3) is 0.263. The summed E-state index contributed by atoms with van der Waals surface area (Å²) in [5.74, 6) is 1.37. The lowest BCUT2D eigenvalue weighted by molar-refractivity contribution is 0.538. The van der Waals surface area contributed by atoms with Crippen LogP contribution >= 0.6 is 11.3 Å². The summed E-state index contributed by atoms with van der Waals surface area (Å²) in [6.45, 7) is 5.10. The van der Waals surface area contributed by atoms with Crippen molar-refractivity contribution in [3.63, 3.8) is 0 Å². The summed E-state index contributed by atoms with van der Waals surface area (Å²) in [7, 11) is 0. The average molecular weight is 353 g/mol. The number of nitrogens with zero attached hydrogens (tertiary/aromatic N) is 3. The van der Waals surface area contributed by atoms with Crippen LogP contribution in [-0.2, 0) is 13.1 Å². The maximum absolute atomic E-state index is 12.9. The topological polar surface area (TPSA) is 53.0 Å². The number of benzene rings is 1. The number of imidazole rings is 1. The predicted molar refractivity (Wildman–Crippen MR) is 100 cm³/mol. The van der Waals surface area contributed by atoms with E-state index in [1.54, 1.807) is 15.9 Å². The summed E-state index contributed by atoms with van der Waals surface area (Å²) in [4.78, 5) is 18.5. The third-order valence-electron chi connectivity index (χ3n) is 4.30. The highest BCUT2D eigenvalue weighted by Gasteiger charge is 2.17. The molecule has 0 fully saturated rings. The molecule has 0 saturated carbocycles. The molecule has 0 spiro atoms. The first kappa shape index (κ1) is 15.9. The van der Waals surface area contributed by atoms with E-state index in [2.05, 4.69) is 11.9 Å². The van der Waals surface area contributed by atoms with Crippen LogP contribution in [0.25, 0.3) is 21.8 Å². The molecular formula is C19H19N3O2S. The second kappa shape index (κ2) is 6.37. The zero-order chi connectivity index (χ0) is 17.4. The monoisotopic (exact) mass is 353 g/mol. The molecule has 0 bridgehead atoms. The highest BCUT2D eigenvalue weighted by Crippen LogP contribution is 2.26. The molecule has 0 radical (unpaired) electrons. The number of aryl methyl sites for hydroxylation is 2. The molecular weight excluding hydrogens is 334 g/mol. The van der Waals surface area contributed by atoms with Gasteiger partial charge in [-0.3, -0.25) is 9.13 Å². The quantitative estimate of drug-likeness (QED) is 0.538. The smallest absolute Gasteiger partial charge is 0.329 e. The van der Waals surface area contributed by atoms with Crippen LogP contribution < -0.4 is 5.69 Å². The van der Waals surface area contributed by atoms with E-state index in [4.69, 9.17) is 4.42 Å². The first-order chi connectivity index (χ1) is 12.2. The molecule has 6 heteroatoms. The number of para-hydroxylation sites is 2. The molecule has 0 aliphatic carbocycles. The normalized spacial score (nSPS) is 11.4. The van der Waals surface area contributed by atoms with Gasteiger partial charge in [0.1, 0.15) is 11.5 Å². The molecule has 0 unspecified atom stereocenters. The maximum Gasteiger partial charge on any atom is 0.329 e. The molecule has 0 saturated heterocycles. The molecule has 128 valence electrons. The first-order valence-corrected chi connectivity index (χ1v) is 9.25. The van der Waals surface area contributed by atoms with E-state index in [1.807, 2.05) is 53.3 Å². The Hall–Kier alpha value is -2.60. The first-order valence-electron chi connectivity index (χ1n) is 8.37. The molecule has 3 heterocycles. The largest absolute Gasteiger partial charge is 0.440 e. The molecule has 0 N–H and O–H groups in total. The number of thiophene rings is 1. The minimum atomic E-state index is 0.00289. The summed E-state index contributed by atoms with van der Waals surface area (Å²) >= 11 is 1.59. The molecule has 1 aromatic carbocycles. The summed E-state index contributed by atoms with van der Waals surface area (Å²) < 4.78 is 9.44. The lowest BCUT2D eigenvalue weighted by atomic mass is 10.3. The molecule has 0 aliphatic rings. The lowest BCUT2D eigenvalue weighted by Gasteiger charge is -2.00. The van der Waals surface area contributed by atoms with Gasteiger partial charge < -0.3 is 4.42 Å². The van der Waals surface area contributed by atoms with Crippen LogP contribution in [0, 0.1) is 6.92 Å². The Morgan fingerprint density at radius 2 is 1.88 bits per heavy atom. The van der Waals surface area contributed by atoms with Crippen molar-refractivity contribution in [2.45, 2.75) is 33.4 Å². The van der Waals surface area contributed by atoms with Crippen molar-refractivity contribution >= 4 is 22.4 Å². The number of hydrogen-bond acceptors (Lipinski definition) is 4. The van der Waals surface area contributed by atoms with E-state index in [1.165, 1.54) is 0 Å². The molecule has 0 amide bonds. The molecule has 3 aromatic heterocycles. The average Bonchev–Trinajstić information content (AvgIpc) is 3.32. The van der Waals surface area contributed by atoms with E-state index in [-0.39, 0.29) is 5.69 Å². The minimum Gasteiger partial charge on any atom is -0.440 e. The zero-order valence-electron chi connectivity index (χ0n) is 14.2. The van der Waals surface area contributed by atoms with Gasteiger partial charge in [0, 0.05) is 6.54 Å². The predicted octanol–water partition coefficient (Wildman–Crippen LogP) is 4.29. The van der Waals surface area contributed by atoms with Gasteiger partial charge in [-0.1, -0.05) is 25.1 Å². The van der Waals surface area contributed by atoms with Crippen molar-refractivity contribution in [2.24, 2.45) is 0 Å². The van der Waals surface area contributed by atoms with Crippen LogP contribution in [0.5, 0.6) is 0 Å². The highest BCUT2D eigenvalue weighted by molar-refractivity contribution is 7.13. The maximum atomic E-state index is 12.9. The van der Waals surface area contributed by atoms with Gasteiger partial charge >= 0.3 is 5.69 Å². The number of oxazole rings is 1. The van der Waals surface area contributed by atoms with Gasteiger partial charge in [-0.25, -0.2) is 9.78 Å². The summed E-state index contributed by atoms with van der Waals surface area (Å²) in [6, 6.07) is 11.9. The van der Waals surface area contributed by atoms with Crippen molar-refractivity contribution in [3.05, 3.63) is 63.7 Å². The van der Waals surface area contributed by atoms with Gasteiger partial charge in [0.15, 0.2) is 0 Å². The Kier molecular flexibility index (Phi) is 4.05. The van der Waals surface area contributed by atoms with Gasteiger partial charge in [-0.15, -0.1) is 11.3 Å². The van der Waals surface area contributed by atoms with Crippen LogP contribution in [-0.4, -0.2) is 14.1 Å². The highest BCUT2D eigenvalue weighted by atomic mass is 32.1. The van der Waals surface area contributed by atoms with Gasteiger partial charge in [0.2, 0.25) is 5.89 Å². The van der Waals surface area contributed by atoms with Crippen LogP contribution in [0.4, 0.5) is 0 Å². The van der Waals surface area contributed by atoms with E-state index >= 15 is 0 Å². The van der Waals surface area contributed by atoms with Crippen LogP contribution in [0.2, 0.25) is 0 Å². The van der Waals surface area contributed by atoms with Crippen molar-refractivity contribution in [3.8, 4) is 10.8 Å². The number of aromatic nitrogens is 3. The summed E-state index contributed by atoms with van der Waals surface area (Å²) in [6.07, 6.45) is 0.916. The number of fused-ring (bicyclic) bond motifs is 1. The van der Waals surface area contributed by atoms with Gasteiger partial charge in [-0.05, 0) is 36.9 Å². The number of hydrogen-bond donors (Lipinski definition) is 0. The van der Waals surface area contributed by atoms with Gasteiger partial charge in [0.25, 0.3) is 0 Å². The Morgan fingerprint density at radius 3 is 2.56 bits per heavy atom. The van der Waals surface area contributed by atoms with E-state index in [0.29, 0.717) is 19.0 Å². The Bertz CT molecular complexity index is 1070. The third kappa shape index (κ3) is 2.72.